The molecule has 2 nitrogen and oxygen atoms in total. The van der Waals surface area contributed by atoms with Gasteiger partial charge in [0.25, 0.3) is 0 Å². The van der Waals surface area contributed by atoms with Gasteiger partial charge in [0.2, 0.25) is 0 Å². The van der Waals surface area contributed by atoms with Gasteiger partial charge in [0.15, 0.2) is 0 Å². The molecule has 4 aromatic carbocycles. The lowest BCUT2D eigenvalue weighted by atomic mass is 10.0. The predicted molar refractivity (Wildman–Crippen MR) is 125 cm³/mol. The van der Waals surface area contributed by atoms with Gasteiger partial charge in [-0.1, -0.05) is 97.1 Å². The van der Waals surface area contributed by atoms with Crippen molar-refractivity contribution in [1.29, 1.82) is 0 Å². The molecule has 0 fully saturated rings. The molecule has 0 amide bonds. The van der Waals surface area contributed by atoms with Gasteiger partial charge in [0, 0.05) is 12.3 Å². The number of fused-ring (bicyclic) bond motifs is 1. The quantitative estimate of drug-likeness (QED) is 0.432. The fourth-order valence-electron chi connectivity index (χ4n) is 3.57. The van der Waals surface area contributed by atoms with Gasteiger partial charge in [0.1, 0.15) is 0 Å². The maximum absolute atomic E-state index is 10.7. The van der Waals surface area contributed by atoms with Crippen molar-refractivity contribution in [3.05, 3.63) is 109 Å². The highest BCUT2D eigenvalue weighted by Gasteiger charge is 2.19. The molecule has 0 heterocycles. The van der Waals surface area contributed by atoms with Crippen LogP contribution in [0.25, 0.3) is 10.8 Å². The van der Waals surface area contributed by atoms with Gasteiger partial charge in [-0.25, -0.2) is 0 Å². The van der Waals surface area contributed by atoms with E-state index < -0.39 is 14.0 Å². The Morgan fingerprint density at radius 2 is 1.34 bits per heavy atom. The maximum atomic E-state index is 10.7. The van der Waals surface area contributed by atoms with Crippen molar-refractivity contribution >= 4 is 29.3 Å². The van der Waals surface area contributed by atoms with Crippen LogP contribution in [0.3, 0.4) is 0 Å². The molecule has 0 saturated heterocycles. The number of rotatable bonds is 7. The van der Waals surface area contributed by atoms with Crippen molar-refractivity contribution in [3.63, 3.8) is 0 Å². The summed E-state index contributed by atoms with van der Waals surface area (Å²) in [4.78, 5) is 0. The summed E-state index contributed by atoms with van der Waals surface area (Å²) in [5.74, 6) is 0. The average Bonchev–Trinajstić information content (AvgIpc) is 2.79. The summed E-state index contributed by atoms with van der Waals surface area (Å²) >= 11 is 0. The second-order valence-corrected chi connectivity index (χ2v) is 9.51. The molecular weight excluding hydrogens is 373 g/mol. The summed E-state index contributed by atoms with van der Waals surface area (Å²) in [5, 5.41) is 19.6. The molecule has 0 aliphatic carbocycles. The fraction of sp³-hybridized carbons (Fsp3) is 0.154. The lowest BCUT2D eigenvalue weighted by Crippen LogP contribution is -2.34. The van der Waals surface area contributed by atoms with Gasteiger partial charge in [-0.2, -0.15) is 0 Å². The standard InChI is InChI=1S/C26H26NOP/c1-20(26(28)22-11-4-2-5-12-22)27-19-29(24-14-6-3-7-15-24)25-17-16-21-10-8-9-13-23(21)18-25/h2-18,20,26-28H,19H2,1H3/t20-,26?,29?/m0/s1. The zero-order chi connectivity index (χ0) is 20.1. The Labute approximate surface area is 174 Å². The Balaban J connectivity index is 1.58. The van der Waals surface area contributed by atoms with Crippen LogP contribution in [0.4, 0.5) is 0 Å². The Bertz CT molecular complexity index is 1050. The smallest absolute Gasteiger partial charge is 0.0940 e. The molecule has 3 heteroatoms. The molecule has 2 unspecified atom stereocenters. The monoisotopic (exact) mass is 399 g/mol. The van der Waals surface area contributed by atoms with Crippen molar-refractivity contribution in [1.82, 2.24) is 5.32 Å². The number of benzene rings is 4. The second-order valence-electron chi connectivity index (χ2n) is 7.30. The van der Waals surface area contributed by atoms with Crippen LogP contribution in [0.15, 0.2) is 103 Å². The number of hydrogen-bond donors (Lipinski definition) is 2. The third-order valence-corrected chi connectivity index (χ3v) is 7.62. The third kappa shape index (κ3) is 4.74. The van der Waals surface area contributed by atoms with Crippen molar-refractivity contribution in [2.45, 2.75) is 19.1 Å². The second kappa shape index (κ2) is 9.33. The van der Waals surface area contributed by atoms with Gasteiger partial charge in [0.05, 0.1) is 6.10 Å². The summed E-state index contributed by atoms with van der Waals surface area (Å²) in [6.07, 6.45) is 0.295. The summed E-state index contributed by atoms with van der Waals surface area (Å²) in [7, 11) is -0.572. The topological polar surface area (TPSA) is 32.3 Å². The summed E-state index contributed by atoms with van der Waals surface area (Å²) < 4.78 is 0. The van der Waals surface area contributed by atoms with E-state index in [2.05, 4.69) is 85.0 Å². The zero-order valence-corrected chi connectivity index (χ0v) is 17.5. The molecule has 0 aliphatic heterocycles. The van der Waals surface area contributed by atoms with Crippen LogP contribution in [0.5, 0.6) is 0 Å². The largest absolute Gasteiger partial charge is 0.387 e. The minimum absolute atomic E-state index is 0.0356. The molecule has 0 aliphatic rings. The zero-order valence-electron chi connectivity index (χ0n) is 16.6. The third-order valence-electron chi connectivity index (χ3n) is 5.30. The SMILES string of the molecule is C[C@H](NCP(c1ccccc1)c1ccc2ccccc2c1)C(O)c1ccccc1. The molecule has 4 rings (SSSR count). The first-order valence-corrected chi connectivity index (χ1v) is 11.5. The molecule has 2 N–H and O–H groups in total. The van der Waals surface area contributed by atoms with Gasteiger partial charge >= 0.3 is 0 Å². The predicted octanol–water partition coefficient (Wildman–Crippen LogP) is 4.94. The minimum atomic E-state index is -0.572. The van der Waals surface area contributed by atoms with E-state index in [4.69, 9.17) is 0 Å². The first-order chi connectivity index (χ1) is 14.2. The van der Waals surface area contributed by atoms with E-state index >= 15 is 0 Å². The average molecular weight is 399 g/mol. The number of aliphatic hydroxyl groups is 1. The Hall–Kier alpha value is -2.51. The highest BCUT2D eigenvalue weighted by molar-refractivity contribution is 7.72. The highest BCUT2D eigenvalue weighted by atomic mass is 31.1. The van der Waals surface area contributed by atoms with Crippen molar-refractivity contribution in [3.8, 4) is 0 Å². The normalized spacial score (nSPS) is 14.4. The number of aliphatic hydroxyl groups excluding tert-OH is 1. The molecule has 0 aromatic heterocycles. The van der Waals surface area contributed by atoms with Crippen molar-refractivity contribution < 1.29 is 5.11 Å². The van der Waals surface area contributed by atoms with Gasteiger partial charge < -0.3 is 10.4 Å². The Morgan fingerprint density at radius 3 is 2.07 bits per heavy atom. The van der Waals surface area contributed by atoms with E-state index in [1.165, 1.54) is 21.4 Å². The van der Waals surface area contributed by atoms with E-state index in [0.29, 0.717) is 0 Å². The molecule has 0 saturated carbocycles. The van der Waals surface area contributed by atoms with Gasteiger partial charge in [-0.15, -0.1) is 0 Å². The van der Waals surface area contributed by atoms with Crippen LogP contribution in [-0.4, -0.2) is 17.4 Å². The molecule has 0 spiro atoms. The molecule has 29 heavy (non-hydrogen) atoms. The van der Waals surface area contributed by atoms with Gasteiger partial charge in [-0.05, 0) is 47.9 Å². The van der Waals surface area contributed by atoms with E-state index in [-0.39, 0.29) is 6.04 Å². The molecule has 146 valence electrons. The fourth-order valence-corrected chi connectivity index (χ4v) is 5.79. The van der Waals surface area contributed by atoms with Crippen LogP contribution in [0.1, 0.15) is 18.6 Å². The molecule has 0 bridgehead atoms. The highest BCUT2D eigenvalue weighted by Crippen LogP contribution is 2.34. The van der Waals surface area contributed by atoms with E-state index in [1.54, 1.807) is 0 Å². The number of nitrogens with one attached hydrogen (secondary N) is 1. The van der Waals surface area contributed by atoms with E-state index in [9.17, 15) is 5.11 Å². The first kappa shape index (κ1) is 19.8. The van der Waals surface area contributed by atoms with Crippen LogP contribution < -0.4 is 15.9 Å². The lowest BCUT2D eigenvalue weighted by molar-refractivity contribution is 0.139. The first-order valence-electron chi connectivity index (χ1n) is 10.00. The van der Waals surface area contributed by atoms with Gasteiger partial charge in [-0.3, -0.25) is 0 Å². The Morgan fingerprint density at radius 1 is 0.724 bits per heavy atom. The van der Waals surface area contributed by atoms with E-state index in [1.807, 2.05) is 30.3 Å². The lowest BCUT2D eigenvalue weighted by Gasteiger charge is -2.25. The molecule has 0 radical (unpaired) electrons. The van der Waals surface area contributed by atoms with Crippen LogP contribution in [0.2, 0.25) is 0 Å². The van der Waals surface area contributed by atoms with Crippen molar-refractivity contribution in [2.24, 2.45) is 0 Å². The number of hydrogen-bond acceptors (Lipinski definition) is 2. The summed E-state index contributed by atoms with van der Waals surface area (Å²) in [6.45, 7) is 2.05. The molecular formula is C26H26NOP. The minimum Gasteiger partial charge on any atom is -0.387 e. The van der Waals surface area contributed by atoms with Crippen LogP contribution in [-0.2, 0) is 0 Å². The summed E-state index contributed by atoms with van der Waals surface area (Å²) in [5.41, 5.74) is 0.947. The van der Waals surface area contributed by atoms with E-state index in [0.717, 1.165) is 11.8 Å². The molecule has 4 aromatic rings. The Kier molecular flexibility index (Phi) is 6.36. The maximum Gasteiger partial charge on any atom is 0.0940 e. The van der Waals surface area contributed by atoms with Crippen LogP contribution in [0, 0.1) is 0 Å². The summed E-state index contributed by atoms with van der Waals surface area (Å²) in [6, 6.07) is 35.8. The van der Waals surface area contributed by atoms with Crippen molar-refractivity contribution in [2.75, 3.05) is 6.29 Å². The molecule has 3 atom stereocenters. The van der Waals surface area contributed by atoms with Crippen LogP contribution >= 0.6 is 7.92 Å².